The Hall–Kier alpha value is -3.27. The number of nitrogens with two attached hydrogens (primary N) is 1. The number of hydrogen-bond acceptors (Lipinski definition) is 6. The summed E-state index contributed by atoms with van der Waals surface area (Å²) >= 11 is 0. The molecular weight excluding hydrogens is 497 g/mol. The molecule has 1 fully saturated rings. The second kappa shape index (κ2) is 12.7. The number of rotatable bonds is 9. The molecule has 210 valence electrons. The standard InChI is InChI=1S/C30H40FN5O3/c1-30(2,3)27(36(20-24(31)18-32)29(38)39-35-16-14-25(37)15-17-35)28-33-26(23-12-8-5-9-13-23)21-34(28)19-22-10-6-4-7-11-22/h4-13,21,24-25,27,37H,14-20,32H2,1-3H3/t24-,27+/m1/s1. The van der Waals surface area contributed by atoms with Crippen LogP contribution in [0.4, 0.5) is 9.18 Å². The molecule has 0 aliphatic carbocycles. The third-order valence-corrected chi connectivity index (χ3v) is 6.96. The van der Waals surface area contributed by atoms with Crippen LogP contribution in [0, 0.1) is 5.41 Å². The first-order valence-corrected chi connectivity index (χ1v) is 13.6. The van der Waals surface area contributed by atoms with Crippen LogP contribution in [0.5, 0.6) is 0 Å². The number of benzene rings is 2. The van der Waals surface area contributed by atoms with Crippen LogP contribution in [0.15, 0.2) is 66.9 Å². The van der Waals surface area contributed by atoms with Gasteiger partial charge in [0.25, 0.3) is 0 Å². The first-order chi connectivity index (χ1) is 18.7. The van der Waals surface area contributed by atoms with Gasteiger partial charge in [0.2, 0.25) is 0 Å². The summed E-state index contributed by atoms with van der Waals surface area (Å²) in [7, 11) is 0. The van der Waals surface area contributed by atoms with Gasteiger partial charge in [0.05, 0.1) is 24.4 Å². The molecule has 0 saturated carbocycles. The van der Waals surface area contributed by atoms with Crippen molar-refractivity contribution in [2.75, 3.05) is 26.2 Å². The van der Waals surface area contributed by atoms with Crippen LogP contribution < -0.4 is 5.73 Å². The molecule has 3 N–H and O–H groups in total. The lowest BCUT2D eigenvalue weighted by Crippen LogP contribution is -2.49. The van der Waals surface area contributed by atoms with Gasteiger partial charge in [-0.05, 0) is 23.8 Å². The van der Waals surface area contributed by atoms with Gasteiger partial charge in [-0.15, -0.1) is 5.06 Å². The molecule has 0 spiro atoms. The summed E-state index contributed by atoms with van der Waals surface area (Å²) in [6.07, 6.45) is 0.503. The van der Waals surface area contributed by atoms with Gasteiger partial charge in [-0.25, -0.2) is 14.2 Å². The van der Waals surface area contributed by atoms with Crippen LogP contribution in [0.3, 0.4) is 0 Å². The second-order valence-electron chi connectivity index (χ2n) is 11.2. The monoisotopic (exact) mass is 537 g/mol. The van der Waals surface area contributed by atoms with Crippen molar-refractivity contribution >= 4 is 6.09 Å². The summed E-state index contributed by atoms with van der Waals surface area (Å²) in [5.41, 5.74) is 7.93. The number of amides is 1. The average molecular weight is 538 g/mol. The van der Waals surface area contributed by atoms with E-state index in [4.69, 9.17) is 15.6 Å². The van der Waals surface area contributed by atoms with Crippen LogP contribution in [0.2, 0.25) is 0 Å². The highest BCUT2D eigenvalue weighted by Gasteiger charge is 2.41. The zero-order valence-corrected chi connectivity index (χ0v) is 23.0. The maximum absolute atomic E-state index is 14.9. The molecule has 2 aromatic carbocycles. The number of carbonyl (C=O) groups is 1. The molecule has 2 heterocycles. The van der Waals surface area contributed by atoms with E-state index in [-0.39, 0.29) is 13.1 Å². The number of halogens is 1. The number of aliphatic hydroxyl groups is 1. The number of hydroxylamine groups is 2. The SMILES string of the molecule is CC(C)(C)[C@H](c1nc(-c2ccccc2)cn1Cc1ccccc1)N(C[C@H](F)CN)C(=O)ON1CCC(O)CC1. The predicted molar refractivity (Wildman–Crippen MR) is 149 cm³/mol. The fourth-order valence-corrected chi connectivity index (χ4v) is 4.97. The summed E-state index contributed by atoms with van der Waals surface area (Å²) in [5.74, 6) is 0.639. The number of aliphatic hydroxyl groups excluding tert-OH is 1. The lowest BCUT2D eigenvalue weighted by atomic mass is 9.84. The minimum Gasteiger partial charge on any atom is -0.393 e. The lowest BCUT2D eigenvalue weighted by molar-refractivity contribution is -0.142. The number of piperidine rings is 1. The van der Waals surface area contributed by atoms with Crippen molar-refractivity contribution in [2.24, 2.45) is 11.1 Å². The Labute approximate surface area is 230 Å². The second-order valence-corrected chi connectivity index (χ2v) is 11.2. The molecule has 9 heteroatoms. The Bertz CT molecular complexity index is 1190. The molecule has 3 aromatic rings. The van der Waals surface area contributed by atoms with Crippen LogP contribution in [-0.4, -0.2) is 69.2 Å². The first kappa shape index (κ1) is 28.7. The van der Waals surface area contributed by atoms with Crippen molar-refractivity contribution in [3.05, 3.63) is 78.2 Å². The van der Waals surface area contributed by atoms with E-state index in [1.54, 1.807) is 5.06 Å². The Kier molecular flexibility index (Phi) is 9.37. The Morgan fingerprint density at radius 3 is 2.33 bits per heavy atom. The van der Waals surface area contributed by atoms with Crippen LogP contribution in [0.1, 0.15) is 51.0 Å². The van der Waals surface area contributed by atoms with Crippen molar-refractivity contribution in [3.63, 3.8) is 0 Å². The lowest BCUT2D eigenvalue weighted by Gasteiger charge is -2.40. The van der Waals surface area contributed by atoms with Gasteiger partial charge in [0.15, 0.2) is 0 Å². The van der Waals surface area contributed by atoms with E-state index in [1.807, 2.05) is 92.2 Å². The highest BCUT2D eigenvalue weighted by Crippen LogP contribution is 2.39. The van der Waals surface area contributed by atoms with E-state index in [1.165, 1.54) is 4.90 Å². The molecular formula is C30H40FN5O3. The summed E-state index contributed by atoms with van der Waals surface area (Å²) in [6, 6.07) is 19.3. The molecule has 1 amide bonds. The molecule has 2 atom stereocenters. The van der Waals surface area contributed by atoms with Gasteiger partial charge in [0.1, 0.15) is 12.0 Å². The third-order valence-electron chi connectivity index (χ3n) is 6.96. The van der Waals surface area contributed by atoms with Gasteiger partial charge in [0, 0.05) is 37.9 Å². The average Bonchev–Trinajstić information content (AvgIpc) is 3.32. The highest BCUT2D eigenvalue weighted by atomic mass is 19.1. The van der Waals surface area contributed by atoms with E-state index >= 15 is 0 Å². The molecule has 1 aliphatic rings. The molecule has 1 saturated heterocycles. The maximum Gasteiger partial charge on any atom is 0.429 e. The van der Waals surface area contributed by atoms with E-state index in [2.05, 4.69) is 0 Å². The van der Waals surface area contributed by atoms with Gasteiger partial charge in [-0.2, -0.15) is 0 Å². The van der Waals surface area contributed by atoms with Crippen LogP contribution in [-0.2, 0) is 11.4 Å². The molecule has 0 unspecified atom stereocenters. The van der Waals surface area contributed by atoms with Gasteiger partial charge >= 0.3 is 6.09 Å². The minimum absolute atomic E-state index is 0.218. The first-order valence-electron chi connectivity index (χ1n) is 13.6. The third kappa shape index (κ3) is 7.44. The minimum atomic E-state index is -1.43. The summed E-state index contributed by atoms with van der Waals surface area (Å²) in [5, 5.41) is 11.4. The molecule has 39 heavy (non-hydrogen) atoms. The predicted octanol–water partition coefficient (Wildman–Crippen LogP) is 4.79. The molecule has 8 nitrogen and oxygen atoms in total. The normalized spacial score (nSPS) is 16.6. The van der Waals surface area contributed by atoms with E-state index in [0.717, 1.165) is 16.8 Å². The number of imidazole rings is 1. The van der Waals surface area contributed by atoms with Gasteiger partial charge in [-0.1, -0.05) is 81.4 Å². The van der Waals surface area contributed by atoms with Gasteiger partial charge < -0.3 is 20.2 Å². The Balaban J connectivity index is 1.77. The number of aromatic nitrogens is 2. The Morgan fingerprint density at radius 1 is 1.13 bits per heavy atom. The van der Waals surface area contributed by atoms with Crippen LogP contribution >= 0.6 is 0 Å². The number of carbonyl (C=O) groups excluding carboxylic acids is 1. The number of alkyl halides is 1. The van der Waals surface area contributed by atoms with Crippen molar-refractivity contribution in [1.82, 2.24) is 19.5 Å². The van der Waals surface area contributed by atoms with Gasteiger partial charge in [-0.3, -0.25) is 4.90 Å². The highest BCUT2D eigenvalue weighted by molar-refractivity contribution is 5.68. The van der Waals surface area contributed by atoms with E-state index < -0.39 is 29.8 Å². The Morgan fingerprint density at radius 2 is 1.74 bits per heavy atom. The quantitative estimate of drug-likeness (QED) is 0.407. The largest absolute Gasteiger partial charge is 0.429 e. The number of nitrogens with zero attached hydrogens (tertiary/aromatic N) is 4. The van der Waals surface area contributed by atoms with Crippen LogP contribution in [0.25, 0.3) is 11.3 Å². The summed E-state index contributed by atoms with van der Waals surface area (Å²) < 4.78 is 16.9. The van der Waals surface area contributed by atoms with E-state index in [0.29, 0.717) is 38.3 Å². The summed E-state index contributed by atoms with van der Waals surface area (Å²) in [4.78, 5) is 25.9. The fraction of sp³-hybridized carbons (Fsp3) is 0.467. The topological polar surface area (TPSA) is 96.9 Å². The zero-order valence-electron chi connectivity index (χ0n) is 23.0. The van der Waals surface area contributed by atoms with Crippen molar-refractivity contribution in [2.45, 2.75) is 58.5 Å². The van der Waals surface area contributed by atoms with E-state index in [9.17, 15) is 14.3 Å². The zero-order chi connectivity index (χ0) is 28.0. The molecule has 4 rings (SSSR count). The summed E-state index contributed by atoms with van der Waals surface area (Å²) in [6.45, 7) is 6.94. The number of hydrogen-bond donors (Lipinski definition) is 2. The molecule has 0 radical (unpaired) electrons. The molecule has 1 aliphatic heterocycles. The van der Waals surface area contributed by atoms with Crippen molar-refractivity contribution in [1.29, 1.82) is 0 Å². The maximum atomic E-state index is 14.9. The van der Waals surface area contributed by atoms with Crippen molar-refractivity contribution < 1.29 is 19.1 Å². The molecule has 1 aromatic heterocycles. The molecule has 0 bridgehead atoms. The smallest absolute Gasteiger partial charge is 0.393 e. The fourth-order valence-electron chi connectivity index (χ4n) is 4.97. The van der Waals surface area contributed by atoms with Crippen molar-refractivity contribution in [3.8, 4) is 11.3 Å².